The molecule has 2 aromatic rings. The monoisotopic (exact) mass is 470 g/mol. The zero-order chi connectivity index (χ0) is 24.5. The van der Waals surface area contributed by atoms with Crippen molar-refractivity contribution in [2.45, 2.75) is 31.4 Å². The van der Waals surface area contributed by atoms with Gasteiger partial charge in [0, 0.05) is 19.6 Å². The Kier molecular flexibility index (Phi) is 9.00. The second kappa shape index (κ2) is 12.2. The lowest BCUT2D eigenvalue weighted by Gasteiger charge is -2.23. The highest BCUT2D eigenvalue weighted by molar-refractivity contribution is 5.86. The van der Waals surface area contributed by atoms with Crippen LogP contribution in [0, 0.1) is 0 Å². The van der Waals surface area contributed by atoms with Crippen LogP contribution >= 0.6 is 0 Å². The van der Waals surface area contributed by atoms with Gasteiger partial charge in [0.05, 0.1) is 25.7 Å². The molecule has 2 amide bonds. The Bertz CT molecular complexity index is 965. The highest BCUT2D eigenvalue weighted by atomic mass is 16.5. The minimum absolute atomic E-state index is 0.0567. The van der Waals surface area contributed by atoms with E-state index in [0.29, 0.717) is 0 Å². The van der Waals surface area contributed by atoms with Crippen LogP contribution in [0.1, 0.15) is 30.4 Å². The molecule has 0 saturated carbocycles. The van der Waals surface area contributed by atoms with Gasteiger partial charge < -0.3 is 30.0 Å². The highest BCUT2D eigenvalue weighted by Gasteiger charge is 2.31. The van der Waals surface area contributed by atoms with E-state index >= 15 is 0 Å². The van der Waals surface area contributed by atoms with Crippen molar-refractivity contribution in [2.75, 3.05) is 33.5 Å². The smallest absolute Gasteiger partial charge is 0.407 e. The topological polar surface area (TPSA) is 123 Å². The molecule has 0 bridgehead atoms. The summed E-state index contributed by atoms with van der Waals surface area (Å²) in [6, 6.07) is 15.1. The van der Waals surface area contributed by atoms with Crippen LogP contribution in [0.5, 0.6) is 0 Å². The number of nitrogens with one attached hydrogen (secondary N) is 2. The van der Waals surface area contributed by atoms with E-state index < -0.39 is 30.1 Å². The number of methoxy groups -OCH3 is 1. The Hall–Kier alpha value is -3.43. The molecule has 0 radical (unpaired) electrons. The lowest BCUT2D eigenvalue weighted by atomic mass is 9.98. The number of carbonyl (C=O) groups is 3. The van der Waals surface area contributed by atoms with Gasteiger partial charge in [-0.25, -0.2) is 4.79 Å². The van der Waals surface area contributed by atoms with Gasteiger partial charge in [-0.15, -0.1) is 0 Å². The third kappa shape index (κ3) is 6.33. The first kappa shape index (κ1) is 25.2. The van der Waals surface area contributed by atoms with Crippen molar-refractivity contribution in [3.8, 4) is 11.1 Å². The summed E-state index contributed by atoms with van der Waals surface area (Å²) in [5.74, 6) is -1.50. The second-order valence-corrected chi connectivity index (χ2v) is 7.94. The molecule has 9 nitrogen and oxygen atoms in total. The van der Waals surface area contributed by atoms with Crippen LogP contribution in [0.15, 0.2) is 48.5 Å². The second-order valence-electron chi connectivity index (χ2n) is 7.94. The lowest BCUT2D eigenvalue weighted by Crippen LogP contribution is -2.53. The van der Waals surface area contributed by atoms with Gasteiger partial charge in [0.15, 0.2) is 0 Å². The maximum Gasteiger partial charge on any atom is 0.407 e. The average Bonchev–Trinajstić information content (AvgIpc) is 3.16. The zero-order valence-corrected chi connectivity index (χ0v) is 19.3. The number of carboxylic acid groups (broad SMARTS) is 1. The van der Waals surface area contributed by atoms with E-state index in [2.05, 4.69) is 22.8 Å². The van der Waals surface area contributed by atoms with Crippen molar-refractivity contribution in [1.29, 1.82) is 0 Å². The van der Waals surface area contributed by atoms with Gasteiger partial charge in [-0.2, -0.15) is 0 Å². The first-order chi connectivity index (χ1) is 16.4. The molecule has 34 heavy (non-hydrogen) atoms. The molecule has 1 aliphatic rings. The first-order valence-corrected chi connectivity index (χ1v) is 11.1. The number of fused-ring (bicyclic) bond motifs is 3. The van der Waals surface area contributed by atoms with Crippen molar-refractivity contribution in [2.24, 2.45) is 0 Å². The highest BCUT2D eigenvalue weighted by Crippen LogP contribution is 2.44. The fraction of sp³-hybridized carbons (Fsp3) is 0.400. The Morgan fingerprint density at radius 2 is 1.62 bits per heavy atom. The summed E-state index contributed by atoms with van der Waals surface area (Å²) < 4.78 is 15.9. The molecule has 0 heterocycles. The summed E-state index contributed by atoms with van der Waals surface area (Å²) in [6.07, 6.45) is -1.43. The molecule has 2 atom stereocenters. The predicted molar refractivity (Wildman–Crippen MR) is 125 cm³/mol. The van der Waals surface area contributed by atoms with Crippen LogP contribution < -0.4 is 10.6 Å². The van der Waals surface area contributed by atoms with Crippen LogP contribution in [0.3, 0.4) is 0 Å². The standard InChI is InChI=1S/C25H30N2O7/c1-16(32-2)23(24(30)26-12-14-33-13-11-22(28)29)27-25(31)34-15-21-19-9-5-3-7-17(19)18-8-4-6-10-20(18)21/h3-10,16,21,23H,11-15H2,1-2H3,(H,26,30)(H,27,31)(H,28,29)/t16-,23+/m1/s1. The molecule has 0 aliphatic heterocycles. The minimum atomic E-state index is -0.973. The summed E-state index contributed by atoms with van der Waals surface area (Å²) >= 11 is 0. The predicted octanol–water partition coefficient (Wildman–Crippen LogP) is 2.54. The van der Waals surface area contributed by atoms with Crippen LogP contribution in [0.2, 0.25) is 0 Å². The van der Waals surface area contributed by atoms with Gasteiger partial charge in [-0.3, -0.25) is 9.59 Å². The largest absolute Gasteiger partial charge is 0.481 e. The van der Waals surface area contributed by atoms with E-state index in [1.165, 1.54) is 7.11 Å². The Balaban J connectivity index is 1.54. The fourth-order valence-electron chi connectivity index (χ4n) is 3.92. The van der Waals surface area contributed by atoms with Gasteiger partial charge in [0.1, 0.15) is 12.6 Å². The van der Waals surface area contributed by atoms with Crippen molar-refractivity contribution in [1.82, 2.24) is 10.6 Å². The number of carbonyl (C=O) groups excluding carboxylic acids is 2. The third-order valence-electron chi connectivity index (χ3n) is 5.75. The Morgan fingerprint density at radius 3 is 2.21 bits per heavy atom. The normalized spacial score (nSPS) is 13.9. The average molecular weight is 471 g/mol. The summed E-state index contributed by atoms with van der Waals surface area (Å²) in [7, 11) is 1.44. The number of aliphatic carboxylic acids is 1. The fourth-order valence-corrected chi connectivity index (χ4v) is 3.92. The Morgan fingerprint density at radius 1 is 1.00 bits per heavy atom. The number of ether oxygens (including phenoxy) is 3. The molecule has 9 heteroatoms. The van der Waals surface area contributed by atoms with Crippen LogP contribution in [-0.2, 0) is 23.8 Å². The summed E-state index contributed by atoms with van der Waals surface area (Å²) in [5.41, 5.74) is 4.45. The van der Waals surface area contributed by atoms with Crippen molar-refractivity contribution in [3.05, 3.63) is 59.7 Å². The number of hydrogen-bond acceptors (Lipinski definition) is 6. The lowest BCUT2D eigenvalue weighted by molar-refractivity contribution is -0.138. The molecule has 3 N–H and O–H groups in total. The van der Waals surface area contributed by atoms with Gasteiger partial charge in [0.2, 0.25) is 5.91 Å². The molecule has 0 saturated heterocycles. The van der Waals surface area contributed by atoms with Crippen LogP contribution in [0.25, 0.3) is 11.1 Å². The van der Waals surface area contributed by atoms with E-state index in [9.17, 15) is 14.4 Å². The van der Waals surface area contributed by atoms with Crippen LogP contribution in [0.4, 0.5) is 4.79 Å². The van der Waals surface area contributed by atoms with Crippen LogP contribution in [-0.4, -0.2) is 68.7 Å². The number of benzene rings is 2. The molecule has 0 aromatic heterocycles. The minimum Gasteiger partial charge on any atom is -0.481 e. The quantitative estimate of drug-likeness (QED) is 0.407. The van der Waals surface area contributed by atoms with Crippen molar-refractivity contribution in [3.63, 3.8) is 0 Å². The van der Waals surface area contributed by atoms with E-state index in [4.69, 9.17) is 19.3 Å². The first-order valence-electron chi connectivity index (χ1n) is 11.1. The maximum absolute atomic E-state index is 12.6. The zero-order valence-electron chi connectivity index (χ0n) is 19.3. The van der Waals surface area contributed by atoms with Gasteiger partial charge in [-0.1, -0.05) is 48.5 Å². The van der Waals surface area contributed by atoms with Gasteiger partial charge in [-0.05, 0) is 29.2 Å². The summed E-state index contributed by atoms with van der Waals surface area (Å²) in [4.78, 5) is 35.7. The van der Waals surface area contributed by atoms with Gasteiger partial charge >= 0.3 is 12.1 Å². The summed E-state index contributed by atoms with van der Waals surface area (Å²) in [5, 5.41) is 13.8. The number of rotatable bonds is 12. The molecule has 0 spiro atoms. The number of hydrogen-bond donors (Lipinski definition) is 3. The van der Waals surface area contributed by atoms with E-state index in [0.717, 1.165) is 22.3 Å². The number of amides is 2. The van der Waals surface area contributed by atoms with E-state index in [1.807, 2.05) is 36.4 Å². The molecule has 182 valence electrons. The molecule has 0 fully saturated rings. The molecular formula is C25H30N2O7. The SMILES string of the molecule is CO[C@H](C)[C@H](NC(=O)OCC1c2ccccc2-c2ccccc21)C(=O)NCCOCCC(=O)O. The maximum atomic E-state index is 12.6. The molecule has 3 rings (SSSR count). The van der Waals surface area contributed by atoms with Crippen molar-refractivity contribution < 1.29 is 33.7 Å². The third-order valence-corrected chi connectivity index (χ3v) is 5.75. The number of carboxylic acids is 1. The molecular weight excluding hydrogens is 440 g/mol. The molecule has 1 aliphatic carbocycles. The van der Waals surface area contributed by atoms with E-state index in [-0.39, 0.29) is 38.7 Å². The molecule has 2 aromatic carbocycles. The van der Waals surface area contributed by atoms with Gasteiger partial charge in [0.25, 0.3) is 0 Å². The summed E-state index contributed by atoms with van der Waals surface area (Å²) in [6.45, 7) is 2.17. The molecule has 0 unspecified atom stereocenters. The van der Waals surface area contributed by atoms with Crippen molar-refractivity contribution >= 4 is 18.0 Å². The number of alkyl carbamates (subject to hydrolysis) is 1. The Labute approximate surface area is 198 Å². The van der Waals surface area contributed by atoms with E-state index in [1.54, 1.807) is 6.92 Å².